The normalized spacial score (nSPS) is 16.8. The molecule has 1 aliphatic rings. The van der Waals surface area contributed by atoms with Gasteiger partial charge in [0.15, 0.2) is 11.6 Å². The molecule has 0 radical (unpaired) electrons. The molecule has 30 heavy (non-hydrogen) atoms. The van der Waals surface area contributed by atoms with Crippen LogP contribution in [-0.4, -0.2) is 47.8 Å². The van der Waals surface area contributed by atoms with Crippen molar-refractivity contribution in [3.05, 3.63) is 48.3 Å². The van der Waals surface area contributed by atoms with Gasteiger partial charge in [0, 0.05) is 25.6 Å². The minimum Gasteiger partial charge on any atom is -0.354 e. The predicted molar refractivity (Wildman–Crippen MR) is 94.7 cm³/mol. The van der Waals surface area contributed by atoms with Crippen molar-refractivity contribution in [2.75, 3.05) is 13.1 Å². The van der Waals surface area contributed by atoms with Crippen LogP contribution in [0, 0.1) is 17.5 Å². The molecule has 0 aliphatic carbocycles. The average Bonchev–Trinajstić information content (AvgIpc) is 2.82. The first-order valence-electron chi connectivity index (χ1n) is 8.77. The fourth-order valence-corrected chi connectivity index (χ4v) is 2.84. The average molecular weight is 438 g/mol. The molecule has 1 N–H and O–H groups in total. The third-order valence-corrected chi connectivity index (χ3v) is 4.12. The summed E-state index contributed by atoms with van der Waals surface area (Å²) in [7, 11) is 0. The summed E-state index contributed by atoms with van der Waals surface area (Å²) in [4.78, 5) is 36.9. The highest BCUT2D eigenvalue weighted by molar-refractivity contribution is 6.00. The summed E-state index contributed by atoms with van der Waals surface area (Å²) in [6, 6.07) is -1.10. The van der Waals surface area contributed by atoms with Gasteiger partial charge in [0.1, 0.15) is 17.6 Å². The van der Waals surface area contributed by atoms with E-state index in [-0.39, 0.29) is 25.6 Å². The fraction of sp³-hybridized carbons (Fsp3) is 0.421. The van der Waals surface area contributed by atoms with Crippen LogP contribution in [0.25, 0.3) is 0 Å². The maximum absolute atomic E-state index is 13.6. The SMILES string of the molecule is C=C.O=C(CC(=O)N1CCCNC(=O)C1CC(F)(F)F)Cc1cc(F)c(F)cc1F. The molecule has 1 atom stereocenters. The molecular formula is C19H20F6N2O3. The van der Waals surface area contributed by atoms with Crippen molar-refractivity contribution in [2.24, 2.45) is 0 Å². The summed E-state index contributed by atoms with van der Waals surface area (Å²) >= 11 is 0. The van der Waals surface area contributed by atoms with Crippen molar-refractivity contribution in [1.82, 2.24) is 10.2 Å². The zero-order valence-corrected chi connectivity index (χ0v) is 15.8. The molecule has 2 amide bonds. The lowest BCUT2D eigenvalue weighted by Gasteiger charge is -2.29. The van der Waals surface area contributed by atoms with Gasteiger partial charge in [-0.3, -0.25) is 14.4 Å². The number of amides is 2. The molecule has 1 aromatic carbocycles. The number of halogens is 6. The van der Waals surface area contributed by atoms with Crippen LogP contribution in [-0.2, 0) is 20.8 Å². The van der Waals surface area contributed by atoms with E-state index in [4.69, 9.17) is 0 Å². The van der Waals surface area contributed by atoms with Crippen LogP contribution < -0.4 is 5.32 Å². The second-order valence-corrected chi connectivity index (χ2v) is 6.32. The maximum Gasteiger partial charge on any atom is 0.391 e. The van der Waals surface area contributed by atoms with Crippen molar-refractivity contribution >= 4 is 17.6 Å². The van der Waals surface area contributed by atoms with Crippen LogP contribution in [0.5, 0.6) is 0 Å². The van der Waals surface area contributed by atoms with Gasteiger partial charge in [-0.05, 0) is 18.1 Å². The van der Waals surface area contributed by atoms with E-state index in [0.29, 0.717) is 11.0 Å². The quantitative estimate of drug-likeness (QED) is 0.333. The van der Waals surface area contributed by atoms with Gasteiger partial charge in [-0.1, -0.05) is 0 Å². The molecular weight excluding hydrogens is 418 g/mol. The van der Waals surface area contributed by atoms with Crippen LogP contribution >= 0.6 is 0 Å². The Hall–Kier alpha value is -2.85. The van der Waals surface area contributed by atoms with Crippen molar-refractivity contribution in [2.45, 2.75) is 37.9 Å². The van der Waals surface area contributed by atoms with Crippen LogP contribution in [0.15, 0.2) is 25.3 Å². The monoisotopic (exact) mass is 438 g/mol. The van der Waals surface area contributed by atoms with Crippen molar-refractivity contribution < 1.29 is 40.7 Å². The number of hydrogen-bond donors (Lipinski definition) is 1. The molecule has 2 rings (SSSR count). The van der Waals surface area contributed by atoms with Crippen LogP contribution in [0.1, 0.15) is 24.8 Å². The Morgan fingerprint density at radius 1 is 1.10 bits per heavy atom. The lowest BCUT2D eigenvalue weighted by molar-refractivity contribution is -0.161. The Morgan fingerprint density at radius 3 is 2.30 bits per heavy atom. The van der Waals surface area contributed by atoms with E-state index >= 15 is 0 Å². The minimum absolute atomic E-state index is 0.0744. The second kappa shape index (κ2) is 10.8. The van der Waals surface area contributed by atoms with Crippen molar-refractivity contribution in [1.29, 1.82) is 0 Å². The molecule has 0 aromatic heterocycles. The van der Waals surface area contributed by atoms with Gasteiger partial charge in [-0.2, -0.15) is 13.2 Å². The lowest BCUT2D eigenvalue weighted by Crippen LogP contribution is -2.49. The molecule has 5 nitrogen and oxygen atoms in total. The number of carbonyl (C=O) groups excluding carboxylic acids is 3. The van der Waals surface area contributed by atoms with Gasteiger partial charge < -0.3 is 10.2 Å². The Balaban J connectivity index is 0.00000218. The van der Waals surface area contributed by atoms with Gasteiger partial charge in [0.05, 0.1) is 12.8 Å². The van der Waals surface area contributed by atoms with Gasteiger partial charge in [-0.15, -0.1) is 13.2 Å². The van der Waals surface area contributed by atoms with Gasteiger partial charge >= 0.3 is 6.18 Å². The van der Waals surface area contributed by atoms with Gasteiger partial charge in [0.2, 0.25) is 11.8 Å². The predicted octanol–water partition coefficient (Wildman–Crippen LogP) is 3.08. The van der Waals surface area contributed by atoms with Crippen LogP contribution in [0.3, 0.4) is 0 Å². The summed E-state index contributed by atoms with van der Waals surface area (Å²) in [5.41, 5.74) is -0.489. The highest BCUT2D eigenvalue weighted by Crippen LogP contribution is 2.26. The van der Waals surface area contributed by atoms with E-state index in [1.54, 1.807) is 0 Å². The number of rotatable bonds is 5. The summed E-state index contributed by atoms with van der Waals surface area (Å²) in [5.74, 6) is -6.95. The van der Waals surface area contributed by atoms with Crippen molar-refractivity contribution in [3.8, 4) is 0 Å². The fourth-order valence-electron chi connectivity index (χ4n) is 2.84. The maximum atomic E-state index is 13.6. The summed E-state index contributed by atoms with van der Waals surface area (Å²) in [6.07, 6.45) is -7.75. The summed E-state index contributed by atoms with van der Waals surface area (Å²) in [6.45, 7) is 5.90. The van der Waals surface area contributed by atoms with Crippen molar-refractivity contribution in [3.63, 3.8) is 0 Å². The first-order valence-corrected chi connectivity index (χ1v) is 8.77. The molecule has 0 saturated carbocycles. The highest BCUT2D eigenvalue weighted by Gasteiger charge is 2.41. The molecule has 166 valence electrons. The Labute approximate surface area is 168 Å². The van der Waals surface area contributed by atoms with Crippen LogP contribution in [0.2, 0.25) is 0 Å². The molecule has 1 aromatic rings. The summed E-state index contributed by atoms with van der Waals surface area (Å²) in [5, 5.41) is 2.27. The first kappa shape index (κ1) is 25.2. The summed E-state index contributed by atoms with van der Waals surface area (Å²) < 4.78 is 78.0. The van der Waals surface area contributed by atoms with E-state index in [1.165, 1.54) is 0 Å². The van der Waals surface area contributed by atoms with Gasteiger partial charge in [0.25, 0.3) is 0 Å². The smallest absolute Gasteiger partial charge is 0.354 e. The number of alkyl halides is 3. The first-order chi connectivity index (χ1) is 14.0. The molecule has 1 saturated heterocycles. The third kappa shape index (κ3) is 7.20. The van der Waals surface area contributed by atoms with E-state index < -0.39 is 72.1 Å². The number of nitrogens with one attached hydrogen (secondary N) is 1. The minimum atomic E-state index is -4.72. The van der Waals surface area contributed by atoms with Crippen LogP contribution in [0.4, 0.5) is 26.3 Å². The molecule has 1 fully saturated rings. The molecule has 0 bridgehead atoms. The number of ketones is 1. The largest absolute Gasteiger partial charge is 0.391 e. The third-order valence-electron chi connectivity index (χ3n) is 4.12. The molecule has 1 heterocycles. The van der Waals surface area contributed by atoms with E-state index in [1.807, 2.05) is 0 Å². The zero-order chi connectivity index (χ0) is 23.1. The topological polar surface area (TPSA) is 66.5 Å². The molecule has 0 spiro atoms. The van der Waals surface area contributed by atoms with E-state index in [0.717, 1.165) is 0 Å². The standard InChI is InChI=1S/C17H16F6N2O3.C2H4/c18-11-7-13(20)12(19)5-9(11)4-10(26)6-15(27)25-3-1-2-24-16(28)14(25)8-17(21,22)23;1-2/h5,7,14H,1-4,6,8H2,(H,24,28);1-2H2. The Kier molecular flexibility index (Phi) is 9.06. The number of carbonyl (C=O) groups is 3. The number of nitrogens with zero attached hydrogens (tertiary/aromatic N) is 1. The Morgan fingerprint density at radius 2 is 1.70 bits per heavy atom. The number of Topliss-reactive ketones (excluding diaryl/α,β-unsaturated/α-hetero) is 1. The molecule has 1 aliphatic heterocycles. The van der Waals surface area contributed by atoms with E-state index in [2.05, 4.69) is 18.5 Å². The highest BCUT2D eigenvalue weighted by atomic mass is 19.4. The zero-order valence-electron chi connectivity index (χ0n) is 15.8. The van der Waals surface area contributed by atoms with E-state index in [9.17, 15) is 40.7 Å². The number of hydrogen-bond acceptors (Lipinski definition) is 3. The lowest BCUT2D eigenvalue weighted by atomic mass is 10.0. The van der Waals surface area contributed by atoms with Gasteiger partial charge in [-0.25, -0.2) is 13.2 Å². The number of benzene rings is 1. The Bertz CT molecular complexity index is 797. The second-order valence-electron chi connectivity index (χ2n) is 6.32. The molecule has 11 heteroatoms. The molecule has 1 unspecified atom stereocenters.